The van der Waals surface area contributed by atoms with Gasteiger partial charge >= 0.3 is 0 Å². The fourth-order valence-electron chi connectivity index (χ4n) is 4.05. The second kappa shape index (κ2) is 10.6. The average Bonchev–Trinajstić information content (AvgIpc) is 2.82. The summed E-state index contributed by atoms with van der Waals surface area (Å²) in [4.78, 5) is 28.2. The molecule has 172 valence electrons. The molecular formula is C24H31N3O5. The van der Waals surface area contributed by atoms with E-state index < -0.39 is 0 Å². The molecule has 0 N–H and O–H groups in total. The van der Waals surface area contributed by atoms with E-state index in [2.05, 4.69) is 4.90 Å². The predicted octanol–water partition coefficient (Wildman–Crippen LogP) is 3.38. The van der Waals surface area contributed by atoms with Crippen molar-refractivity contribution in [3.05, 3.63) is 63.2 Å². The number of likely N-dealkylation sites (N-methyl/N-ethyl adjacent to an activating group) is 1. The number of aryl methyl sites for hydroxylation is 3. The number of carbonyl (C=O) groups is 1. The number of morpholine rings is 1. The monoisotopic (exact) mass is 441 g/mol. The van der Waals surface area contributed by atoms with E-state index in [4.69, 9.17) is 9.47 Å². The standard InChI is InChI=1S/C24H31N3O5/c1-17-15-23(27(29)30)20(8-5-19-6-9-21(31-4)10-7-19)16-22(17)25(3)24(28)18(2)26-11-13-32-14-12-26/h6-7,9-10,15-16,18H,5,8,11-14H2,1-4H3/t18-/m0/s1. The lowest BCUT2D eigenvalue weighted by molar-refractivity contribution is -0.385. The van der Waals surface area contributed by atoms with Gasteiger partial charge in [0.2, 0.25) is 5.91 Å². The van der Waals surface area contributed by atoms with Crippen LogP contribution in [0.3, 0.4) is 0 Å². The van der Waals surface area contributed by atoms with Crippen molar-refractivity contribution < 1.29 is 19.2 Å². The fraction of sp³-hybridized carbons (Fsp3) is 0.458. The molecule has 0 aliphatic carbocycles. The van der Waals surface area contributed by atoms with Gasteiger partial charge in [0.25, 0.3) is 5.69 Å². The Balaban J connectivity index is 1.82. The van der Waals surface area contributed by atoms with Gasteiger partial charge in [-0.25, -0.2) is 0 Å². The summed E-state index contributed by atoms with van der Waals surface area (Å²) in [5.74, 6) is 0.733. The van der Waals surface area contributed by atoms with Crippen molar-refractivity contribution in [2.75, 3.05) is 45.4 Å². The van der Waals surface area contributed by atoms with Crippen molar-refractivity contribution in [1.82, 2.24) is 4.90 Å². The first-order valence-corrected chi connectivity index (χ1v) is 10.8. The summed E-state index contributed by atoms with van der Waals surface area (Å²) in [6, 6.07) is 10.7. The maximum atomic E-state index is 13.2. The minimum atomic E-state index is -0.349. The summed E-state index contributed by atoms with van der Waals surface area (Å²) in [7, 11) is 3.35. The highest BCUT2D eigenvalue weighted by Gasteiger charge is 2.28. The average molecular weight is 442 g/mol. The number of amides is 1. The highest BCUT2D eigenvalue weighted by Crippen LogP contribution is 2.30. The number of rotatable bonds is 8. The number of methoxy groups -OCH3 is 1. The fourth-order valence-corrected chi connectivity index (χ4v) is 4.05. The van der Waals surface area contributed by atoms with Crippen LogP contribution < -0.4 is 9.64 Å². The number of hydrogen-bond donors (Lipinski definition) is 0. The number of nitro benzene ring substituents is 1. The molecule has 1 heterocycles. The van der Waals surface area contributed by atoms with Crippen molar-refractivity contribution in [2.45, 2.75) is 32.7 Å². The Labute approximate surface area is 188 Å². The quantitative estimate of drug-likeness (QED) is 0.461. The highest BCUT2D eigenvalue weighted by molar-refractivity contribution is 5.97. The molecule has 8 heteroatoms. The van der Waals surface area contributed by atoms with E-state index in [9.17, 15) is 14.9 Å². The summed E-state index contributed by atoms with van der Waals surface area (Å²) in [5, 5.41) is 11.7. The van der Waals surface area contributed by atoms with Crippen LogP contribution in [0.4, 0.5) is 11.4 Å². The Hall–Kier alpha value is -2.97. The molecule has 1 amide bonds. The second-order valence-electron chi connectivity index (χ2n) is 8.09. The lowest BCUT2D eigenvalue weighted by Crippen LogP contribution is -2.50. The van der Waals surface area contributed by atoms with Gasteiger partial charge in [-0.05, 0) is 56.0 Å². The van der Waals surface area contributed by atoms with E-state index in [-0.39, 0.29) is 22.6 Å². The molecule has 1 saturated heterocycles. The van der Waals surface area contributed by atoms with E-state index in [1.807, 2.05) is 31.2 Å². The summed E-state index contributed by atoms with van der Waals surface area (Å²) in [6.45, 7) is 6.37. The van der Waals surface area contributed by atoms with Crippen LogP contribution in [0.2, 0.25) is 0 Å². The third kappa shape index (κ3) is 5.44. The van der Waals surface area contributed by atoms with Crippen LogP contribution in [0, 0.1) is 17.0 Å². The Morgan fingerprint density at radius 1 is 1.22 bits per heavy atom. The van der Waals surface area contributed by atoms with Crippen molar-refractivity contribution in [1.29, 1.82) is 0 Å². The first-order valence-electron chi connectivity index (χ1n) is 10.8. The lowest BCUT2D eigenvalue weighted by Gasteiger charge is -2.34. The minimum absolute atomic E-state index is 0.0371. The Morgan fingerprint density at radius 3 is 2.47 bits per heavy atom. The highest BCUT2D eigenvalue weighted by atomic mass is 16.6. The van der Waals surface area contributed by atoms with Crippen LogP contribution in [0.5, 0.6) is 5.75 Å². The van der Waals surface area contributed by atoms with Crippen LogP contribution in [-0.4, -0.2) is 62.2 Å². The summed E-state index contributed by atoms with van der Waals surface area (Å²) < 4.78 is 10.6. The van der Waals surface area contributed by atoms with Crippen molar-refractivity contribution in [2.24, 2.45) is 0 Å². The number of nitrogens with zero attached hydrogens (tertiary/aromatic N) is 3. The first-order chi connectivity index (χ1) is 15.3. The van der Waals surface area contributed by atoms with Crippen molar-refractivity contribution in [3.8, 4) is 5.75 Å². The van der Waals surface area contributed by atoms with E-state index in [1.165, 1.54) is 0 Å². The molecule has 2 aromatic carbocycles. The zero-order valence-corrected chi connectivity index (χ0v) is 19.2. The third-order valence-electron chi connectivity index (χ3n) is 6.08. The molecule has 0 saturated carbocycles. The zero-order chi connectivity index (χ0) is 23.3. The van der Waals surface area contributed by atoms with Crippen LogP contribution in [0.25, 0.3) is 0 Å². The molecule has 0 spiro atoms. The molecular weight excluding hydrogens is 410 g/mol. The third-order valence-corrected chi connectivity index (χ3v) is 6.08. The molecule has 8 nitrogen and oxygen atoms in total. The molecule has 0 radical (unpaired) electrons. The van der Waals surface area contributed by atoms with Crippen LogP contribution in [0.1, 0.15) is 23.6 Å². The molecule has 0 unspecified atom stereocenters. The maximum absolute atomic E-state index is 13.2. The summed E-state index contributed by atoms with van der Waals surface area (Å²) in [6.07, 6.45) is 1.14. The zero-order valence-electron chi connectivity index (χ0n) is 19.2. The van der Waals surface area contributed by atoms with E-state index in [0.29, 0.717) is 56.0 Å². The van der Waals surface area contributed by atoms with Crippen molar-refractivity contribution in [3.63, 3.8) is 0 Å². The minimum Gasteiger partial charge on any atom is -0.497 e. The predicted molar refractivity (Wildman–Crippen MR) is 123 cm³/mol. The second-order valence-corrected chi connectivity index (χ2v) is 8.09. The van der Waals surface area contributed by atoms with Gasteiger partial charge < -0.3 is 14.4 Å². The lowest BCUT2D eigenvalue weighted by atomic mass is 9.99. The van der Waals surface area contributed by atoms with Gasteiger partial charge in [-0.3, -0.25) is 19.8 Å². The smallest absolute Gasteiger partial charge is 0.273 e. The Morgan fingerprint density at radius 2 is 1.88 bits per heavy atom. The Kier molecular flexibility index (Phi) is 7.82. The number of benzene rings is 2. The molecule has 0 bridgehead atoms. The molecule has 3 rings (SSSR count). The number of ether oxygens (including phenoxy) is 2. The molecule has 1 atom stereocenters. The molecule has 2 aromatic rings. The van der Waals surface area contributed by atoms with Gasteiger partial charge in [-0.15, -0.1) is 0 Å². The van der Waals surface area contributed by atoms with Crippen LogP contribution >= 0.6 is 0 Å². The van der Waals surface area contributed by atoms with Gasteiger partial charge in [-0.1, -0.05) is 12.1 Å². The first kappa shape index (κ1) is 23.7. The number of nitro groups is 1. The molecule has 1 aliphatic heterocycles. The molecule has 1 fully saturated rings. The topological polar surface area (TPSA) is 85.2 Å². The van der Waals surface area contributed by atoms with Gasteiger partial charge in [0.15, 0.2) is 0 Å². The van der Waals surface area contributed by atoms with E-state index in [0.717, 1.165) is 11.3 Å². The summed E-state index contributed by atoms with van der Waals surface area (Å²) >= 11 is 0. The normalized spacial score (nSPS) is 15.2. The van der Waals surface area contributed by atoms with E-state index in [1.54, 1.807) is 38.1 Å². The molecule has 1 aliphatic rings. The van der Waals surface area contributed by atoms with Crippen molar-refractivity contribution >= 4 is 17.3 Å². The number of carbonyl (C=O) groups excluding carboxylic acids is 1. The summed E-state index contributed by atoms with van der Waals surface area (Å²) in [5.41, 5.74) is 3.17. The van der Waals surface area contributed by atoms with Gasteiger partial charge in [0.1, 0.15) is 5.75 Å². The van der Waals surface area contributed by atoms with Gasteiger partial charge in [0, 0.05) is 37.5 Å². The van der Waals surface area contributed by atoms with Crippen LogP contribution in [-0.2, 0) is 22.4 Å². The maximum Gasteiger partial charge on any atom is 0.273 e. The SMILES string of the molecule is COc1ccc(CCc2cc(N(C)C(=O)[C@H](C)N3CCOCC3)c(C)cc2[N+](=O)[O-])cc1. The molecule has 32 heavy (non-hydrogen) atoms. The Bertz CT molecular complexity index is 955. The van der Waals surface area contributed by atoms with E-state index >= 15 is 0 Å². The van der Waals surface area contributed by atoms with Crippen LogP contribution in [0.15, 0.2) is 36.4 Å². The largest absolute Gasteiger partial charge is 0.497 e. The molecule has 0 aromatic heterocycles. The number of hydrogen-bond acceptors (Lipinski definition) is 6. The van der Waals surface area contributed by atoms with Gasteiger partial charge in [-0.2, -0.15) is 0 Å². The van der Waals surface area contributed by atoms with Gasteiger partial charge in [0.05, 0.1) is 31.3 Å². The number of anilines is 1.